The van der Waals surface area contributed by atoms with E-state index in [1.165, 1.54) is 22.5 Å². The van der Waals surface area contributed by atoms with Crippen LogP contribution < -0.4 is 9.80 Å². The molecule has 0 aromatic heterocycles. The molecule has 0 radical (unpaired) electrons. The molecule has 2 aromatic rings. The number of likely N-dealkylation sites (N-methyl/N-ethyl adjacent to an activating group) is 1. The number of nitrogens with zero attached hydrogens (tertiary/aromatic N) is 4. The van der Waals surface area contributed by atoms with Gasteiger partial charge in [0.05, 0.1) is 12.6 Å². The number of piperazine rings is 1. The maximum atomic E-state index is 14.5. The van der Waals surface area contributed by atoms with Gasteiger partial charge < -0.3 is 24.3 Å². The minimum atomic E-state index is -0.425. The van der Waals surface area contributed by atoms with E-state index < -0.39 is 12.1 Å². The number of carbonyl (C=O) groups is 2. The molecule has 3 bridgehead atoms. The molecular weight excluding hydrogens is 452 g/mol. The number of hydrogen-bond acceptors (Lipinski definition) is 5. The van der Waals surface area contributed by atoms with Crippen LogP contribution in [0.2, 0.25) is 0 Å². The highest BCUT2D eigenvalue weighted by molar-refractivity contribution is 6.00. The van der Waals surface area contributed by atoms with Crippen LogP contribution in [0, 0.1) is 0 Å². The molecule has 0 aliphatic carbocycles. The Bertz CT molecular complexity index is 1410. The van der Waals surface area contributed by atoms with Gasteiger partial charge >= 0.3 is 0 Å². The Balaban J connectivity index is 1.30. The zero-order valence-electron chi connectivity index (χ0n) is 20.8. The molecule has 36 heavy (non-hydrogen) atoms. The van der Waals surface area contributed by atoms with Crippen molar-refractivity contribution in [3.8, 4) is 0 Å². The van der Waals surface area contributed by atoms with Crippen molar-refractivity contribution >= 4 is 23.2 Å². The molecule has 2 amide bonds. The van der Waals surface area contributed by atoms with Crippen molar-refractivity contribution in [3.05, 3.63) is 59.7 Å². The molecule has 8 atom stereocenters. The van der Waals surface area contributed by atoms with E-state index in [4.69, 9.17) is 4.74 Å². The molecule has 7 aliphatic rings. The van der Waals surface area contributed by atoms with Crippen LogP contribution in [0.15, 0.2) is 48.5 Å². The number of carbonyl (C=O) groups excluding carboxylic acids is 2. The van der Waals surface area contributed by atoms with Gasteiger partial charge in [-0.05, 0) is 49.4 Å². The number of hydrogen-bond donors (Lipinski definition) is 0. The molecule has 0 saturated carbocycles. The third-order valence-electron chi connectivity index (χ3n) is 10.9. The quantitative estimate of drug-likeness (QED) is 0.541. The van der Waals surface area contributed by atoms with Gasteiger partial charge in [0, 0.05) is 29.3 Å². The van der Waals surface area contributed by atoms with Crippen molar-refractivity contribution in [1.29, 1.82) is 0 Å². The maximum absolute atomic E-state index is 14.5. The predicted octanol–water partition coefficient (Wildman–Crippen LogP) is 2.58. The fourth-order valence-electron chi connectivity index (χ4n) is 9.42. The van der Waals surface area contributed by atoms with Gasteiger partial charge in [-0.15, -0.1) is 0 Å². The summed E-state index contributed by atoms with van der Waals surface area (Å²) < 4.78 is 6.56. The minimum absolute atomic E-state index is 0.0903. The standard InChI is InChI=1S/C29H30N4O3/c1-27-12-20-23(34)33-21-13-29(17-9-5-6-10-18(17)30(3)26(29)33)14-22-28(2,36-22)15-31(25(27)32(20)24(21)35)19-11-7-4-8-16(19)27/h4-11,20-22,25-26H,12-15H2,1-3H3/t20-,21-,22+,25+,26-,27+,28+,29+/m1/s1. The Morgan fingerprint density at radius 1 is 0.806 bits per heavy atom. The smallest absolute Gasteiger partial charge is 0.247 e. The summed E-state index contributed by atoms with van der Waals surface area (Å²) in [5.41, 5.74) is 4.00. The van der Waals surface area contributed by atoms with Gasteiger partial charge in [0.2, 0.25) is 11.8 Å². The van der Waals surface area contributed by atoms with Crippen LogP contribution in [0.5, 0.6) is 0 Å². The number of anilines is 2. The number of epoxide rings is 1. The lowest BCUT2D eigenvalue weighted by atomic mass is 9.73. The number of amides is 2. The second-order valence-corrected chi connectivity index (χ2v) is 12.6. The van der Waals surface area contributed by atoms with Gasteiger partial charge in [-0.3, -0.25) is 9.59 Å². The second kappa shape index (κ2) is 5.75. The van der Waals surface area contributed by atoms with Crippen molar-refractivity contribution in [3.63, 3.8) is 0 Å². The first-order valence-electron chi connectivity index (χ1n) is 13.3. The second-order valence-electron chi connectivity index (χ2n) is 12.6. The van der Waals surface area contributed by atoms with Gasteiger partial charge in [-0.25, -0.2) is 0 Å². The van der Waals surface area contributed by atoms with E-state index in [-0.39, 0.29) is 46.7 Å². The highest BCUT2D eigenvalue weighted by Crippen LogP contribution is 2.63. The molecule has 184 valence electrons. The summed E-state index contributed by atoms with van der Waals surface area (Å²) in [5.74, 6) is 0.256. The molecule has 9 rings (SSSR count). The maximum Gasteiger partial charge on any atom is 0.247 e. The van der Waals surface area contributed by atoms with Crippen LogP contribution in [0.4, 0.5) is 11.4 Å². The van der Waals surface area contributed by atoms with E-state index in [1.807, 2.05) is 9.80 Å². The van der Waals surface area contributed by atoms with Crippen LogP contribution in [0.3, 0.4) is 0 Å². The molecule has 0 N–H and O–H groups in total. The lowest BCUT2D eigenvalue weighted by Crippen LogP contribution is -2.68. The van der Waals surface area contributed by atoms with Gasteiger partial charge in [0.15, 0.2) is 0 Å². The van der Waals surface area contributed by atoms with Crippen molar-refractivity contribution in [2.45, 2.75) is 80.1 Å². The molecule has 1 spiro atoms. The van der Waals surface area contributed by atoms with Gasteiger partial charge in [-0.1, -0.05) is 43.3 Å². The Morgan fingerprint density at radius 3 is 2.22 bits per heavy atom. The summed E-state index contributed by atoms with van der Waals surface area (Å²) in [6, 6.07) is 16.2. The molecule has 0 unspecified atom stereocenters. The fraction of sp³-hybridized carbons (Fsp3) is 0.517. The average molecular weight is 483 g/mol. The molecule has 5 fully saturated rings. The van der Waals surface area contributed by atoms with Crippen molar-refractivity contribution in [2.24, 2.45) is 0 Å². The van der Waals surface area contributed by atoms with Gasteiger partial charge in [-0.2, -0.15) is 0 Å². The third kappa shape index (κ3) is 1.93. The minimum Gasteiger partial charge on any atom is -0.364 e. The molecule has 2 aromatic carbocycles. The van der Waals surface area contributed by atoms with Crippen LogP contribution >= 0.6 is 0 Å². The fourth-order valence-corrected chi connectivity index (χ4v) is 9.42. The van der Waals surface area contributed by atoms with Crippen LogP contribution in [-0.2, 0) is 25.2 Å². The van der Waals surface area contributed by atoms with Crippen molar-refractivity contribution < 1.29 is 14.3 Å². The molecular formula is C29H30N4O3. The third-order valence-corrected chi connectivity index (χ3v) is 10.9. The Hall–Kier alpha value is -3.06. The lowest BCUT2D eigenvalue weighted by Gasteiger charge is -2.47. The summed E-state index contributed by atoms with van der Waals surface area (Å²) in [6.45, 7) is 5.23. The van der Waals surface area contributed by atoms with Crippen LogP contribution in [0.25, 0.3) is 0 Å². The van der Waals surface area contributed by atoms with Crippen molar-refractivity contribution in [2.75, 3.05) is 23.4 Å². The SMILES string of the molecule is CN1c2ccccc2[C@]23C[C@@H]4C(=O)N5[C@H](C[C@@]6(C)c7ccccc7N(C[C@]7(C)O[C@H]7C2)[C@@H]56)C(=O)N4[C@@H]13. The predicted molar refractivity (Wildman–Crippen MR) is 134 cm³/mol. The summed E-state index contributed by atoms with van der Waals surface area (Å²) in [5, 5.41) is 0. The molecule has 7 heterocycles. The highest BCUT2D eigenvalue weighted by Gasteiger charge is 2.74. The van der Waals surface area contributed by atoms with E-state index >= 15 is 0 Å². The van der Waals surface area contributed by atoms with Crippen molar-refractivity contribution in [1.82, 2.24) is 9.80 Å². The lowest BCUT2D eigenvalue weighted by molar-refractivity contribution is -0.161. The summed E-state index contributed by atoms with van der Waals surface area (Å²) in [4.78, 5) is 37.6. The van der Waals surface area contributed by atoms with E-state index in [9.17, 15) is 9.59 Å². The highest BCUT2D eigenvalue weighted by atomic mass is 16.6. The average Bonchev–Trinajstić information content (AvgIpc) is 3.14. The number of rotatable bonds is 0. The molecule has 7 aliphatic heterocycles. The molecule has 7 nitrogen and oxygen atoms in total. The van der Waals surface area contributed by atoms with Crippen LogP contribution in [-0.4, -0.2) is 71.3 Å². The Morgan fingerprint density at radius 2 is 1.44 bits per heavy atom. The summed E-state index contributed by atoms with van der Waals surface area (Å²) in [6.07, 6.45) is 1.94. The van der Waals surface area contributed by atoms with E-state index in [1.54, 1.807) is 0 Å². The topological polar surface area (TPSA) is 59.6 Å². The van der Waals surface area contributed by atoms with E-state index in [0.29, 0.717) is 12.8 Å². The largest absolute Gasteiger partial charge is 0.364 e. The zero-order chi connectivity index (χ0) is 24.4. The van der Waals surface area contributed by atoms with Gasteiger partial charge in [0.25, 0.3) is 0 Å². The first-order chi connectivity index (χ1) is 17.3. The Labute approximate surface area is 210 Å². The normalized spacial score (nSPS) is 44.5. The Kier molecular flexibility index (Phi) is 3.20. The van der Waals surface area contributed by atoms with Crippen LogP contribution in [0.1, 0.15) is 44.2 Å². The first kappa shape index (κ1) is 20.0. The number of benzene rings is 2. The molecule has 5 saturated heterocycles. The van der Waals surface area contributed by atoms with Gasteiger partial charge in [0.1, 0.15) is 30.0 Å². The van der Waals surface area contributed by atoms with E-state index in [2.05, 4.69) is 79.2 Å². The van der Waals surface area contributed by atoms with E-state index in [0.717, 1.165) is 13.0 Å². The first-order valence-corrected chi connectivity index (χ1v) is 13.3. The summed E-state index contributed by atoms with van der Waals surface area (Å²) in [7, 11) is 2.10. The number of para-hydroxylation sites is 2. The number of fused-ring (bicyclic) bond motifs is 6. The molecule has 7 heteroatoms. The zero-order valence-corrected chi connectivity index (χ0v) is 20.8. The monoisotopic (exact) mass is 482 g/mol. The number of ether oxygens (including phenoxy) is 1. The summed E-state index contributed by atoms with van der Waals surface area (Å²) >= 11 is 0.